The van der Waals surface area contributed by atoms with Crippen molar-refractivity contribution in [3.63, 3.8) is 0 Å². The molecule has 0 spiro atoms. The van der Waals surface area contributed by atoms with E-state index in [-0.39, 0.29) is 30.0 Å². The number of pyridine rings is 1. The Bertz CT molecular complexity index is 883. The average Bonchev–Trinajstić information content (AvgIpc) is 2.71. The summed E-state index contributed by atoms with van der Waals surface area (Å²) in [5, 5.41) is 0.177. The van der Waals surface area contributed by atoms with Gasteiger partial charge in [0.1, 0.15) is 11.6 Å². The van der Waals surface area contributed by atoms with Crippen LogP contribution in [0.2, 0.25) is 5.02 Å². The number of aromatic nitrogens is 1. The highest BCUT2D eigenvalue weighted by Crippen LogP contribution is 2.27. The van der Waals surface area contributed by atoms with E-state index in [1.54, 1.807) is 18.1 Å². The van der Waals surface area contributed by atoms with Crippen LogP contribution >= 0.6 is 11.6 Å². The van der Waals surface area contributed by atoms with Crippen LogP contribution < -0.4 is 4.74 Å². The molecule has 0 fully saturated rings. The van der Waals surface area contributed by atoms with E-state index in [4.69, 9.17) is 16.3 Å². The van der Waals surface area contributed by atoms with Crippen molar-refractivity contribution < 1.29 is 13.9 Å². The Labute approximate surface area is 168 Å². The minimum absolute atomic E-state index is 0.0993. The number of amides is 1. The topological polar surface area (TPSA) is 42.4 Å². The zero-order valence-electron chi connectivity index (χ0n) is 15.4. The van der Waals surface area contributed by atoms with Crippen molar-refractivity contribution >= 4 is 17.5 Å². The first-order valence-electron chi connectivity index (χ1n) is 8.85. The predicted octanol–water partition coefficient (Wildman–Crippen LogP) is 4.89. The van der Waals surface area contributed by atoms with E-state index in [1.165, 1.54) is 18.2 Å². The maximum atomic E-state index is 13.1. The lowest BCUT2D eigenvalue weighted by Gasteiger charge is -2.28. The molecule has 1 heterocycles. The second kappa shape index (κ2) is 9.33. The van der Waals surface area contributed by atoms with Crippen LogP contribution in [0.25, 0.3) is 0 Å². The molecule has 0 saturated carbocycles. The van der Waals surface area contributed by atoms with Gasteiger partial charge in [-0.2, -0.15) is 0 Å². The van der Waals surface area contributed by atoms with E-state index >= 15 is 0 Å². The van der Waals surface area contributed by atoms with E-state index in [0.717, 1.165) is 11.3 Å². The third kappa shape index (κ3) is 4.87. The highest BCUT2D eigenvalue weighted by Gasteiger charge is 2.24. The summed E-state index contributed by atoms with van der Waals surface area (Å²) in [6.07, 6.45) is 1.86. The molecule has 6 heteroatoms. The summed E-state index contributed by atoms with van der Waals surface area (Å²) >= 11 is 5.95. The van der Waals surface area contributed by atoms with Gasteiger partial charge >= 0.3 is 0 Å². The molecule has 0 bridgehead atoms. The molecule has 28 heavy (non-hydrogen) atoms. The van der Waals surface area contributed by atoms with E-state index in [1.807, 2.05) is 48.5 Å². The van der Waals surface area contributed by atoms with Crippen LogP contribution in [0.5, 0.6) is 5.75 Å². The van der Waals surface area contributed by atoms with E-state index in [2.05, 4.69) is 4.98 Å². The van der Waals surface area contributed by atoms with E-state index < -0.39 is 5.82 Å². The van der Waals surface area contributed by atoms with Gasteiger partial charge in [-0.15, -0.1) is 0 Å². The molecule has 0 aliphatic rings. The molecule has 4 nitrogen and oxygen atoms in total. The van der Waals surface area contributed by atoms with Crippen LogP contribution in [-0.2, 0) is 4.79 Å². The summed E-state index contributed by atoms with van der Waals surface area (Å²) in [7, 11) is 1.75. The largest absolute Gasteiger partial charge is 0.491 e. The molecular weight excluding hydrogens is 379 g/mol. The molecule has 1 aromatic heterocycles. The van der Waals surface area contributed by atoms with Crippen molar-refractivity contribution in [2.75, 3.05) is 13.7 Å². The summed E-state index contributed by atoms with van der Waals surface area (Å²) in [6.45, 7) is 0.137. The fourth-order valence-corrected chi connectivity index (χ4v) is 3.15. The number of ether oxygens (including phenoxy) is 1. The second-order valence-electron chi connectivity index (χ2n) is 6.25. The quantitative estimate of drug-likeness (QED) is 0.569. The summed E-state index contributed by atoms with van der Waals surface area (Å²) in [5.41, 5.74) is 1.76. The van der Waals surface area contributed by atoms with Gasteiger partial charge in [0.25, 0.3) is 0 Å². The van der Waals surface area contributed by atoms with Crippen LogP contribution in [0.4, 0.5) is 4.39 Å². The van der Waals surface area contributed by atoms with Crippen LogP contribution in [0.1, 0.15) is 23.7 Å². The smallest absolute Gasteiger partial charge is 0.226 e. The van der Waals surface area contributed by atoms with Gasteiger partial charge in [-0.1, -0.05) is 48.0 Å². The lowest BCUT2D eigenvalue weighted by Crippen LogP contribution is -2.33. The zero-order chi connectivity index (χ0) is 19.9. The first-order chi connectivity index (χ1) is 13.6. The van der Waals surface area contributed by atoms with Gasteiger partial charge in [-0.3, -0.25) is 9.78 Å². The van der Waals surface area contributed by atoms with Crippen LogP contribution in [-0.4, -0.2) is 29.4 Å². The lowest BCUT2D eigenvalue weighted by atomic mass is 10.0. The van der Waals surface area contributed by atoms with Crippen LogP contribution in [0.15, 0.2) is 72.9 Å². The Kier molecular flexibility index (Phi) is 6.61. The monoisotopic (exact) mass is 398 g/mol. The van der Waals surface area contributed by atoms with Gasteiger partial charge in [-0.05, 0) is 35.9 Å². The predicted molar refractivity (Wildman–Crippen MR) is 107 cm³/mol. The number of benzene rings is 2. The highest BCUT2D eigenvalue weighted by atomic mass is 35.5. The van der Waals surface area contributed by atoms with Crippen molar-refractivity contribution in [1.29, 1.82) is 0 Å². The minimum Gasteiger partial charge on any atom is -0.491 e. The molecule has 0 aliphatic heterocycles. The molecule has 2 aromatic carbocycles. The number of rotatable bonds is 7. The summed E-state index contributed by atoms with van der Waals surface area (Å²) in [4.78, 5) is 18.9. The van der Waals surface area contributed by atoms with Gasteiger partial charge in [0.05, 0.1) is 29.8 Å². The molecule has 3 aromatic rings. The number of hydrogen-bond acceptors (Lipinski definition) is 3. The first-order valence-corrected chi connectivity index (χ1v) is 9.23. The number of carbonyl (C=O) groups is 1. The zero-order valence-corrected chi connectivity index (χ0v) is 16.1. The Morgan fingerprint density at radius 2 is 1.89 bits per heavy atom. The van der Waals surface area contributed by atoms with Crippen molar-refractivity contribution in [1.82, 2.24) is 9.88 Å². The standard InChI is InChI=1S/C22H20ClFN2O2/c1-26(21(27)12-14-28-20-11-10-17(24)15-18(20)23)22(16-7-3-2-4-8-16)19-9-5-6-13-25-19/h2-11,13,15,22H,12,14H2,1H3. The van der Waals surface area contributed by atoms with Gasteiger partial charge in [0, 0.05) is 13.2 Å². The number of hydrogen-bond donors (Lipinski definition) is 0. The molecule has 0 radical (unpaired) electrons. The first kappa shape index (κ1) is 19.8. The van der Waals surface area contributed by atoms with Crippen LogP contribution in [0.3, 0.4) is 0 Å². The van der Waals surface area contributed by atoms with E-state index in [0.29, 0.717) is 5.75 Å². The summed E-state index contributed by atoms with van der Waals surface area (Å²) in [6, 6.07) is 19.0. The lowest BCUT2D eigenvalue weighted by molar-refractivity contribution is -0.132. The minimum atomic E-state index is -0.436. The van der Waals surface area contributed by atoms with Gasteiger partial charge < -0.3 is 9.64 Å². The fourth-order valence-electron chi connectivity index (χ4n) is 2.93. The van der Waals surface area contributed by atoms with Crippen molar-refractivity contribution in [3.05, 3.63) is 95.0 Å². The highest BCUT2D eigenvalue weighted by molar-refractivity contribution is 6.32. The molecule has 1 amide bonds. The molecule has 0 N–H and O–H groups in total. The second-order valence-corrected chi connectivity index (χ2v) is 6.65. The number of nitrogens with zero attached hydrogens (tertiary/aromatic N) is 2. The Hall–Kier alpha value is -2.92. The molecular formula is C22H20ClFN2O2. The maximum Gasteiger partial charge on any atom is 0.226 e. The molecule has 1 unspecified atom stereocenters. The fraction of sp³-hybridized carbons (Fsp3) is 0.182. The van der Waals surface area contributed by atoms with Gasteiger partial charge in [0.15, 0.2) is 0 Å². The Morgan fingerprint density at radius 3 is 2.57 bits per heavy atom. The molecule has 1 atom stereocenters. The SMILES string of the molecule is CN(C(=O)CCOc1ccc(F)cc1Cl)C(c1ccccc1)c1ccccn1. The Morgan fingerprint density at radius 1 is 1.14 bits per heavy atom. The molecule has 3 rings (SSSR count). The maximum absolute atomic E-state index is 13.1. The van der Waals surface area contributed by atoms with Crippen molar-refractivity contribution in [2.24, 2.45) is 0 Å². The average molecular weight is 399 g/mol. The van der Waals surface area contributed by atoms with Gasteiger partial charge in [0.2, 0.25) is 5.91 Å². The summed E-state index contributed by atoms with van der Waals surface area (Å²) < 4.78 is 18.7. The third-order valence-corrected chi connectivity index (χ3v) is 4.63. The van der Waals surface area contributed by atoms with E-state index in [9.17, 15) is 9.18 Å². The van der Waals surface area contributed by atoms with Crippen molar-refractivity contribution in [2.45, 2.75) is 12.5 Å². The molecule has 0 aliphatic carbocycles. The van der Waals surface area contributed by atoms with Crippen molar-refractivity contribution in [3.8, 4) is 5.75 Å². The van der Waals surface area contributed by atoms with Crippen LogP contribution in [0, 0.1) is 5.82 Å². The Balaban J connectivity index is 1.70. The van der Waals surface area contributed by atoms with Gasteiger partial charge in [-0.25, -0.2) is 4.39 Å². The number of carbonyl (C=O) groups excluding carboxylic acids is 1. The number of halogens is 2. The normalized spacial score (nSPS) is 11.7. The molecule has 144 valence electrons. The third-order valence-electron chi connectivity index (χ3n) is 4.33. The molecule has 0 saturated heterocycles. The summed E-state index contributed by atoms with van der Waals surface area (Å²) in [5.74, 6) is -0.185.